The summed E-state index contributed by atoms with van der Waals surface area (Å²) in [7, 11) is 3.18. The molecule has 0 aromatic heterocycles. The summed E-state index contributed by atoms with van der Waals surface area (Å²) in [6.45, 7) is 8.18. The van der Waals surface area contributed by atoms with Gasteiger partial charge in [-0.1, -0.05) is 39.3 Å². The average Bonchev–Trinajstić information content (AvgIpc) is 2.36. The van der Waals surface area contributed by atoms with Crippen LogP contribution in [0.4, 0.5) is 0 Å². The first-order valence-corrected chi connectivity index (χ1v) is 6.73. The third kappa shape index (κ3) is 2.98. The Morgan fingerprint density at radius 2 is 1.74 bits per heavy atom. The largest absolute Gasteiger partial charge is 0.492 e. The van der Waals surface area contributed by atoms with Crippen LogP contribution in [0.5, 0.6) is 11.5 Å². The molecule has 108 valence electrons. The van der Waals surface area contributed by atoms with E-state index in [2.05, 4.69) is 13.8 Å². The second-order valence-corrected chi connectivity index (χ2v) is 5.99. The number of aliphatic hydroxyl groups excluding tert-OH is 1. The van der Waals surface area contributed by atoms with Crippen molar-refractivity contribution in [2.24, 2.45) is 0 Å². The standard InChI is InChI=1S/C15H23ClO3/c1-9(2)12-10(15(3,4)8-17)7-11(16)13(18-5)14(12)19-6/h7,9,17H,8H2,1-6H3. The summed E-state index contributed by atoms with van der Waals surface area (Å²) in [6.07, 6.45) is 0. The molecule has 0 aliphatic rings. The molecule has 0 unspecified atom stereocenters. The number of ether oxygens (including phenoxy) is 2. The first-order chi connectivity index (χ1) is 8.80. The lowest BCUT2D eigenvalue weighted by atomic mass is 9.79. The van der Waals surface area contributed by atoms with E-state index in [0.29, 0.717) is 16.5 Å². The van der Waals surface area contributed by atoms with E-state index in [9.17, 15) is 5.11 Å². The molecule has 0 heterocycles. The molecule has 0 radical (unpaired) electrons. The van der Waals surface area contributed by atoms with Gasteiger partial charge in [0.15, 0.2) is 11.5 Å². The molecule has 3 nitrogen and oxygen atoms in total. The highest BCUT2D eigenvalue weighted by Crippen LogP contribution is 2.46. The fourth-order valence-electron chi connectivity index (χ4n) is 2.23. The minimum Gasteiger partial charge on any atom is -0.492 e. The second kappa shape index (κ2) is 6.02. The number of benzene rings is 1. The maximum absolute atomic E-state index is 9.62. The van der Waals surface area contributed by atoms with Gasteiger partial charge < -0.3 is 14.6 Å². The fourth-order valence-corrected chi connectivity index (χ4v) is 2.51. The predicted molar refractivity (Wildman–Crippen MR) is 78.8 cm³/mol. The predicted octanol–water partition coefficient (Wildman–Crippen LogP) is 3.75. The van der Waals surface area contributed by atoms with Crippen molar-refractivity contribution in [2.45, 2.75) is 39.0 Å². The molecule has 0 aliphatic carbocycles. The molecule has 0 bridgehead atoms. The molecule has 1 aromatic carbocycles. The zero-order chi connectivity index (χ0) is 14.8. The summed E-state index contributed by atoms with van der Waals surface area (Å²) in [5, 5.41) is 10.1. The van der Waals surface area contributed by atoms with Gasteiger partial charge in [0, 0.05) is 11.0 Å². The SMILES string of the molecule is COc1c(Cl)cc(C(C)(C)CO)c(C(C)C)c1OC. The lowest BCUT2D eigenvalue weighted by molar-refractivity contribution is 0.216. The van der Waals surface area contributed by atoms with Crippen LogP contribution in [0.2, 0.25) is 5.02 Å². The van der Waals surface area contributed by atoms with Crippen LogP contribution in [0.25, 0.3) is 0 Å². The summed E-state index contributed by atoms with van der Waals surface area (Å²) in [6, 6.07) is 1.87. The van der Waals surface area contributed by atoms with Gasteiger partial charge in [0.05, 0.1) is 25.8 Å². The number of rotatable bonds is 5. The molecule has 0 saturated carbocycles. The van der Waals surface area contributed by atoms with E-state index in [1.807, 2.05) is 19.9 Å². The first-order valence-electron chi connectivity index (χ1n) is 6.35. The van der Waals surface area contributed by atoms with E-state index in [-0.39, 0.29) is 17.9 Å². The van der Waals surface area contributed by atoms with Gasteiger partial charge in [-0.25, -0.2) is 0 Å². The highest BCUT2D eigenvalue weighted by atomic mass is 35.5. The Morgan fingerprint density at radius 3 is 2.11 bits per heavy atom. The quantitative estimate of drug-likeness (QED) is 0.896. The van der Waals surface area contributed by atoms with Crippen LogP contribution < -0.4 is 9.47 Å². The summed E-state index contributed by atoms with van der Waals surface area (Å²) in [5.41, 5.74) is 1.64. The third-order valence-corrected chi connectivity index (χ3v) is 3.62. The van der Waals surface area contributed by atoms with Crippen molar-refractivity contribution >= 4 is 11.6 Å². The van der Waals surface area contributed by atoms with Gasteiger partial charge in [-0.05, 0) is 17.5 Å². The number of halogens is 1. The average molecular weight is 287 g/mol. The van der Waals surface area contributed by atoms with Crippen molar-refractivity contribution < 1.29 is 14.6 Å². The van der Waals surface area contributed by atoms with Crippen LogP contribution in [0.1, 0.15) is 44.7 Å². The van der Waals surface area contributed by atoms with Crippen molar-refractivity contribution in [3.63, 3.8) is 0 Å². The maximum atomic E-state index is 9.62. The Labute approximate surface area is 120 Å². The van der Waals surface area contributed by atoms with E-state index in [4.69, 9.17) is 21.1 Å². The van der Waals surface area contributed by atoms with Crippen molar-refractivity contribution in [1.82, 2.24) is 0 Å². The monoisotopic (exact) mass is 286 g/mol. The van der Waals surface area contributed by atoms with Crippen molar-refractivity contribution in [2.75, 3.05) is 20.8 Å². The highest BCUT2D eigenvalue weighted by Gasteiger charge is 2.29. The molecule has 19 heavy (non-hydrogen) atoms. The number of hydrogen-bond acceptors (Lipinski definition) is 3. The summed E-state index contributed by atoms with van der Waals surface area (Å²) < 4.78 is 10.8. The smallest absolute Gasteiger partial charge is 0.179 e. The Bertz CT molecular complexity index is 453. The second-order valence-electron chi connectivity index (χ2n) is 5.58. The minimum atomic E-state index is -0.386. The molecule has 0 aliphatic heterocycles. The molecule has 0 saturated heterocycles. The maximum Gasteiger partial charge on any atom is 0.179 e. The van der Waals surface area contributed by atoms with Crippen LogP contribution >= 0.6 is 11.6 Å². The van der Waals surface area contributed by atoms with Crippen LogP contribution in [-0.2, 0) is 5.41 Å². The highest BCUT2D eigenvalue weighted by molar-refractivity contribution is 6.32. The normalized spacial score (nSPS) is 11.8. The molecule has 4 heteroatoms. The van der Waals surface area contributed by atoms with Gasteiger partial charge in [0.2, 0.25) is 0 Å². The van der Waals surface area contributed by atoms with Gasteiger partial charge >= 0.3 is 0 Å². The Hall–Kier alpha value is -0.930. The van der Waals surface area contributed by atoms with Crippen molar-refractivity contribution in [3.05, 3.63) is 22.2 Å². The molecule has 0 fully saturated rings. The van der Waals surface area contributed by atoms with Crippen molar-refractivity contribution in [1.29, 1.82) is 0 Å². The Morgan fingerprint density at radius 1 is 1.21 bits per heavy atom. The van der Waals surface area contributed by atoms with E-state index < -0.39 is 0 Å². The number of aliphatic hydroxyl groups is 1. The first kappa shape index (κ1) is 16.1. The zero-order valence-corrected chi connectivity index (χ0v) is 13.3. The Balaban J connectivity index is 3.69. The van der Waals surface area contributed by atoms with Gasteiger partial charge in [0.25, 0.3) is 0 Å². The van der Waals surface area contributed by atoms with Crippen LogP contribution in [0.15, 0.2) is 6.07 Å². The topological polar surface area (TPSA) is 38.7 Å². The van der Waals surface area contributed by atoms with E-state index in [0.717, 1.165) is 11.1 Å². The van der Waals surface area contributed by atoms with E-state index in [1.54, 1.807) is 14.2 Å². The van der Waals surface area contributed by atoms with E-state index >= 15 is 0 Å². The lowest BCUT2D eigenvalue weighted by Gasteiger charge is -2.29. The van der Waals surface area contributed by atoms with E-state index in [1.165, 1.54) is 0 Å². The lowest BCUT2D eigenvalue weighted by Crippen LogP contribution is -2.25. The van der Waals surface area contributed by atoms with Gasteiger partial charge in [-0.15, -0.1) is 0 Å². The molecular weight excluding hydrogens is 264 g/mol. The van der Waals surface area contributed by atoms with Crippen molar-refractivity contribution in [3.8, 4) is 11.5 Å². The molecule has 0 spiro atoms. The summed E-state index contributed by atoms with van der Waals surface area (Å²) in [5.74, 6) is 1.44. The van der Waals surface area contributed by atoms with Crippen LogP contribution in [0, 0.1) is 0 Å². The van der Waals surface area contributed by atoms with Crippen LogP contribution in [0.3, 0.4) is 0 Å². The third-order valence-electron chi connectivity index (χ3n) is 3.34. The minimum absolute atomic E-state index is 0.0402. The molecular formula is C15H23ClO3. The zero-order valence-electron chi connectivity index (χ0n) is 12.5. The number of hydrogen-bond donors (Lipinski definition) is 1. The van der Waals surface area contributed by atoms with Gasteiger partial charge in [0.1, 0.15) is 0 Å². The molecule has 0 atom stereocenters. The molecule has 0 amide bonds. The fraction of sp³-hybridized carbons (Fsp3) is 0.600. The Kier molecular flexibility index (Phi) is 5.11. The molecule has 1 aromatic rings. The molecule has 1 N–H and O–H groups in total. The van der Waals surface area contributed by atoms with Crippen LogP contribution in [-0.4, -0.2) is 25.9 Å². The van der Waals surface area contributed by atoms with Gasteiger partial charge in [-0.3, -0.25) is 0 Å². The van der Waals surface area contributed by atoms with Gasteiger partial charge in [-0.2, -0.15) is 0 Å². The number of methoxy groups -OCH3 is 2. The summed E-state index contributed by atoms with van der Waals surface area (Å²) in [4.78, 5) is 0. The summed E-state index contributed by atoms with van der Waals surface area (Å²) >= 11 is 6.27. The molecule has 1 rings (SSSR count).